The molecule has 0 spiro atoms. The smallest absolute Gasteiger partial charge is 0.326 e. The van der Waals surface area contributed by atoms with E-state index in [2.05, 4.69) is 4.98 Å². The molecule has 4 aromatic rings. The summed E-state index contributed by atoms with van der Waals surface area (Å²) in [7, 11) is 1.66. The highest BCUT2D eigenvalue weighted by Gasteiger charge is 2.34. The number of imidazole rings is 1. The van der Waals surface area contributed by atoms with E-state index in [4.69, 9.17) is 5.11 Å². The normalized spacial score (nSPS) is 13.6. The fourth-order valence-corrected chi connectivity index (χ4v) is 4.24. The highest BCUT2D eigenvalue weighted by molar-refractivity contribution is 6.36. The van der Waals surface area contributed by atoms with Gasteiger partial charge in [-0.15, -0.1) is 0 Å². The second-order valence-electron chi connectivity index (χ2n) is 7.46. The van der Waals surface area contributed by atoms with Gasteiger partial charge in [0.2, 0.25) is 0 Å². The summed E-state index contributed by atoms with van der Waals surface area (Å²) in [5.74, 6) is -0.787. The Hall–Kier alpha value is -3.71. The number of carbonyl (C=O) groups is 2. The molecule has 2 N–H and O–H groups in total. The van der Waals surface area contributed by atoms with E-state index >= 15 is 0 Å². The largest absolute Gasteiger partial charge is 0.396 e. The number of H-pyrrole nitrogens is 1. The summed E-state index contributed by atoms with van der Waals surface area (Å²) in [6.45, 7) is 0.0820. The summed E-state index contributed by atoms with van der Waals surface area (Å²) in [5.41, 5.74) is 3.34. The summed E-state index contributed by atoms with van der Waals surface area (Å²) in [4.78, 5) is 42.5. The number of imide groups is 1. The zero-order valence-electron chi connectivity index (χ0n) is 16.3. The maximum absolute atomic E-state index is 13.3. The first kappa shape index (κ1) is 18.3. The molecule has 2 amide bonds. The van der Waals surface area contributed by atoms with Gasteiger partial charge in [0.15, 0.2) is 0 Å². The van der Waals surface area contributed by atoms with Crippen LogP contribution in [0.5, 0.6) is 0 Å². The van der Waals surface area contributed by atoms with E-state index in [1.165, 1.54) is 4.57 Å². The van der Waals surface area contributed by atoms with Gasteiger partial charge in [0.1, 0.15) is 0 Å². The monoisotopic (exact) mass is 401 g/mol. The van der Waals surface area contributed by atoms with Crippen LogP contribution in [0.15, 0.2) is 53.3 Å². The van der Waals surface area contributed by atoms with Gasteiger partial charge in [0.05, 0.1) is 16.7 Å². The summed E-state index contributed by atoms with van der Waals surface area (Å²) < 4.78 is 1.48. The third-order valence-corrected chi connectivity index (χ3v) is 5.75. The van der Waals surface area contributed by atoms with Crippen molar-refractivity contribution < 1.29 is 14.7 Å². The number of hydrogen-bond acceptors (Lipinski definition) is 4. The molecule has 1 aliphatic heterocycles. The van der Waals surface area contributed by atoms with Crippen molar-refractivity contribution in [3.63, 3.8) is 0 Å². The highest BCUT2D eigenvalue weighted by Crippen LogP contribution is 2.35. The average Bonchev–Trinajstić information content (AvgIpc) is 3.03. The number of nitrogens with one attached hydrogen (secondary N) is 1. The van der Waals surface area contributed by atoms with Crippen LogP contribution in [0.2, 0.25) is 0 Å². The molecule has 0 saturated heterocycles. The molecule has 150 valence electrons. The molecule has 0 radical (unpaired) electrons. The number of aryl methyl sites for hydroxylation is 2. The van der Waals surface area contributed by atoms with E-state index in [9.17, 15) is 14.4 Å². The highest BCUT2D eigenvalue weighted by atomic mass is 16.3. The van der Waals surface area contributed by atoms with Crippen LogP contribution in [0.3, 0.4) is 0 Å². The van der Waals surface area contributed by atoms with Crippen LogP contribution in [-0.4, -0.2) is 33.1 Å². The number of amides is 2. The minimum atomic E-state index is -0.393. The van der Waals surface area contributed by atoms with E-state index in [1.54, 1.807) is 37.4 Å². The molecule has 1 aliphatic rings. The van der Waals surface area contributed by atoms with Gasteiger partial charge in [-0.3, -0.25) is 14.2 Å². The maximum atomic E-state index is 13.3. The number of aromatic nitrogens is 2. The average molecular weight is 401 g/mol. The number of hydrogen-bond donors (Lipinski definition) is 2. The van der Waals surface area contributed by atoms with Crippen LogP contribution in [0.1, 0.15) is 32.7 Å². The fraction of sp³-hybridized carbons (Fsp3) is 0.174. The summed E-state index contributed by atoms with van der Waals surface area (Å²) in [5, 5.41) is 10.7. The molecular formula is C23H19N3O4. The first-order chi connectivity index (χ1) is 14.5. The van der Waals surface area contributed by atoms with Gasteiger partial charge in [-0.2, -0.15) is 0 Å². The second kappa shape index (κ2) is 6.67. The zero-order valence-corrected chi connectivity index (χ0v) is 16.3. The predicted molar refractivity (Wildman–Crippen MR) is 114 cm³/mol. The van der Waals surface area contributed by atoms with Gasteiger partial charge >= 0.3 is 5.69 Å². The Morgan fingerprint density at radius 2 is 1.73 bits per heavy atom. The van der Waals surface area contributed by atoms with Crippen molar-refractivity contribution in [2.24, 2.45) is 7.05 Å². The van der Waals surface area contributed by atoms with Crippen LogP contribution in [0.4, 0.5) is 5.69 Å². The summed E-state index contributed by atoms with van der Waals surface area (Å²) >= 11 is 0. The molecule has 7 nitrogen and oxygen atoms in total. The molecule has 2 heterocycles. The van der Waals surface area contributed by atoms with Gasteiger partial charge in [-0.25, -0.2) is 9.69 Å². The number of benzene rings is 3. The van der Waals surface area contributed by atoms with Crippen LogP contribution < -0.4 is 10.6 Å². The van der Waals surface area contributed by atoms with E-state index in [1.807, 2.05) is 18.2 Å². The topological polar surface area (TPSA) is 95.4 Å². The number of rotatable bonds is 4. The Kier molecular flexibility index (Phi) is 4.08. The molecule has 0 atom stereocenters. The summed E-state index contributed by atoms with van der Waals surface area (Å²) in [6, 6.07) is 14.1. The molecule has 0 saturated carbocycles. The lowest BCUT2D eigenvalue weighted by Crippen LogP contribution is -2.40. The van der Waals surface area contributed by atoms with Gasteiger partial charge in [0.25, 0.3) is 11.8 Å². The number of nitrogens with zero attached hydrogens (tertiary/aromatic N) is 2. The van der Waals surface area contributed by atoms with Crippen LogP contribution >= 0.6 is 0 Å². The first-order valence-corrected chi connectivity index (χ1v) is 9.74. The van der Waals surface area contributed by atoms with Gasteiger partial charge < -0.3 is 10.1 Å². The van der Waals surface area contributed by atoms with Crippen molar-refractivity contribution in [3.8, 4) is 0 Å². The van der Waals surface area contributed by atoms with E-state index in [-0.39, 0.29) is 12.3 Å². The van der Waals surface area contributed by atoms with Gasteiger partial charge in [-0.05, 0) is 54.1 Å². The SMILES string of the molecule is Cn1c(=O)[nH]c2cc(N3C(=O)c4cccc5c(CCCO)ccc(c45)C3=O)ccc21. The lowest BCUT2D eigenvalue weighted by Gasteiger charge is -2.28. The molecule has 30 heavy (non-hydrogen) atoms. The Labute approximate surface area is 171 Å². The van der Waals surface area contributed by atoms with Gasteiger partial charge in [-0.1, -0.05) is 18.2 Å². The predicted octanol–water partition coefficient (Wildman–Crippen LogP) is 2.75. The molecule has 1 aromatic heterocycles. The van der Waals surface area contributed by atoms with Crippen molar-refractivity contribution in [1.29, 1.82) is 0 Å². The minimum absolute atomic E-state index is 0.0820. The Morgan fingerprint density at radius 3 is 2.50 bits per heavy atom. The van der Waals surface area contributed by atoms with E-state index in [0.29, 0.717) is 46.1 Å². The summed E-state index contributed by atoms with van der Waals surface area (Å²) in [6.07, 6.45) is 1.28. The zero-order chi connectivity index (χ0) is 21.0. The van der Waals surface area contributed by atoms with Gasteiger partial charge in [0, 0.05) is 30.2 Å². The van der Waals surface area contributed by atoms with Crippen LogP contribution in [0, 0.1) is 0 Å². The molecule has 0 unspecified atom stereocenters. The quantitative estimate of drug-likeness (QED) is 0.514. The number of fused-ring (bicyclic) bond motifs is 1. The number of aliphatic hydroxyl groups is 1. The third kappa shape index (κ3) is 2.52. The van der Waals surface area contributed by atoms with E-state index in [0.717, 1.165) is 15.8 Å². The Bertz CT molecular complexity index is 1390. The molecule has 0 bridgehead atoms. The lowest BCUT2D eigenvalue weighted by molar-refractivity contribution is 0.0893. The van der Waals surface area contributed by atoms with Crippen molar-refractivity contribution in [2.75, 3.05) is 11.5 Å². The maximum Gasteiger partial charge on any atom is 0.326 e. The number of carbonyl (C=O) groups excluding carboxylic acids is 2. The van der Waals surface area contributed by atoms with Crippen molar-refractivity contribution in [1.82, 2.24) is 9.55 Å². The van der Waals surface area contributed by atoms with Crippen molar-refractivity contribution in [2.45, 2.75) is 12.8 Å². The van der Waals surface area contributed by atoms with Crippen molar-refractivity contribution >= 4 is 39.3 Å². The fourth-order valence-electron chi connectivity index (χ4n) is 4.24. The number of aromatic amines is 1. The van der Waals surface area contributed by atoms with Crippen LogP contribution in [0.25, 0.3) is 21.8 Å². The van der Waals surface area contributed by atoms with Crippen molar-refractivity contribution in [3.05, 3.63) is 75.7 Å². The molecular weight excluding hydrogens is 382 g/mol. The molecule has 0 aliphatic carbocycles. The van der Waals surface area contributed by atoms with E-state index < -0.39 is 11.8 Å². The third-order valence-electron chi connectivity index (χ3n) is 5.75. The molecule has 3 aromatic carbocycles. The number of anilines is 1. The Balaban J connectivity index is 1.68. The lowest BCUT2D eigenvalue weighted by atomic mass is 9.90. The minimum Gasteiger partial charge on any atom is -0.396 e. The molecule has 7 heteroatoms. The molecule has 5 rings (SSSR count). The number of aliphatic hydroxyl groups excluding tert-OH is 1. The van der Waals surface area contributed by atoms with Crippen LogP contribution in [-0.2, 0) is 13.5 Å². The Morgan fingerprint density at radius 1 is 0.967 bits per heavy atom. The standard InChI is InChI=1S/C23H19N3O4/c1-25-19-10-8-14(12-18(19)24-23(25)30)26-21(28)16-6-2-5-15-13(4-3-11-27)7-9-17(20(15)16)22(26)29/h2,5-10,12,27H,3-4,11H2,1H3,(H,24,30). The first-order valence-electron chi connectivity index (χ1n) is 9.74. The second-order valence-corrected chi connectivity index (χ2v) is 7.46. The molecule has 0 fully saturated rings.